The molecule has 0 spiro atoms. The lowest BCUT2D eigenvalue weighted by Gasteiger charge is -2.23. The molecule has 0 aromatic carbocycles. The van der Waals surface area contributed by atoms with Gasteiger partial charge in [0.1, 0.15) is 11.9 Å². The fraction of sp³-hybridized carbons (Fsp3) is 0.818. The number of amides is 1. The van der Waals surface area contributed by atoms with Gasteiger partial charge < -0.3 is 21.0 Å². The molecule has 0 atom stereocenters. The molecule has 1 aliphatic carbocycles. The molecule has 0 aromatic heterocycles. The molecule has 0 bridgehead atoms. The van der Waals surface area contributed by atoms with Gasteiger partial charge in [0.15, 0.2) is 0 Å². The number of ether oxygens (including phenoxy) is 1. The predicted octanol–water partition coefficient (Wildman–Crippen LogP) is 1.43. The highest BCUT2D eigenvalue weighted by Gasteiger charge is 2.25. The second kappa shape index (κ2) is 5.75. The first kappa shape index (κ1) is 13.6. The van der Waals surface area contributed by atoms with Crippen molar-refractivity contribution in [3.05, 3.63) is 0 Å². The molecule has 17 heavy (non-hydrogen) atoms. The Morgan fingerprint density at radius 1 is 1.53 bits per heavy atom. The molecule has 1 rings (SSSR count). The molecule has 0 heterocycles. The summed E-state index contributed by atoms with van der Waals surface area (Å²) < 4.78 is 5.23. The summed E-state index contributed by atoms with van der Waals surface area (Å²) in [7, 11) is 0. The Bertz CT molecular complexity index is 296. The molecule has 6 heteroatoms. The number of carbonyl (C=O) groups excluding carboxylic acids is 1. The van der Waals surface area contributed by atoms with Crippen LogP contribution in [0.5, 0.6) is 0 Å². The van der Waals surface area contributed by atoms with Crippen LogP contribution < -0.4 is 11.1 Å². The second-order valence-electron chi connectivity index (χ2n) is 5.03. The molecule has 0 unspecified atom stereocenters. The maximum atomic E-state index is 11.5. The third kappa shape index (κ3) is 4.13. The number of alkyl carbamates (subject to hydrolysis) is 1. The number of hydrogen-bond acceptors (Lipinski definition) is 4. The zero-order valence-corrected chi connectivity index (χ0v) is 10.4. The van der Waals surface area contributed by atoms with Gasteiger partial charge in [-0.2, -0.15) is 0 Å². The smallest absolute Gasteiger partial charge is 0.407 e. The molecule has 98 valence electrons. The number of nitrogens with two attached hydrogens (primary N) is 1. The maximum absolute atomic E-state index is 11.5. The van der Waals surface area contributed by atoms with Crippen LogP contribution in [0.2, 0.25) is 0 Å². The summed E-state index contributed by atoms with van der Waals surface area (Å²) in [5.74, 6) is 0.0821. The van der Waals surface area contributed by atoms with Crippen molar-refractivity contribution in [3.63, 3.8) is 0 Å². The minimum absolute atomic E-state index is 0.0435. The predicted molar refractivity (Wildman–Crippen MR) is 63.9 cm³/mol. The highest BCUT2D eigenvalue weighted by Crippen LogP contribution is 2.21. The molecule has 0 saturated heterocycles. The monoisotopic (exact) mass is 243 g/mol. The van der Waals surface area contributed by atoms with Gasteiger partial charge in [-0.05, 0) is 25.7 Å². The SMILES string of the molecule is CC(C)(CNC(=O)OC1CCCC1)C(N)=NO. The minimum Gasteiger partial charge on any atom is -0.446 e. The summed E-state index contributed by atoms with van der Waals surface area (Å²) in [4.78, 5) is 11.5. The average Bonchev–Trinajstić information content (AvgIpc) is 2.78. The van der Waals surface area contributed by atoms with Gasteiger partial charge in [0.25, 0.3) is 0 Å². The quantitative estimate of drug-likeness (QED) is 0.301. The molecule has 1 aliphatic rings. The highest BCUT2D eigenvalue weighted by atomic mass is 16.6. The molecule has 1 amide bonds. The molecular weight excluding hydrogens is 222 g/mol. The van der Waals surface area contributed by atoms with Gasteiger partial charge in [-0.3, -0.25) is 0 Å². The van der Waals surface area contributed by atoms with Gasteiger partial charge in [-0.25, -0.2) is 4.79 Å². The molecule has 1 fully saturated rings. The lowest BCUT2D eigenvalue weighted by molar-refractivity contribution is 0.0992. The number of carbonyl (C=O) groups is 1. The summed E-state index contributed by atoms with van der Waals surface area (Å²) in [6, 6.07) is 0. The number of rotatable bonds is 4. The number of nitrogens with zero attached hydrogens (tertiary/aromatic N) is 1. The molecule has 0 radical (unpaired) electrons. The van der Waals surface area contributed by atoms with Crippen LogP contribution in [0.3, 0.4) is 0 Å². The zero-order valence-electron chi connectivity index (χ0n) is 10.4. The molecule has 4 N–H and O–H groups in total. The van der Waals surface area contributed by atoms with E-state index in [0.29, 0.717) is 0 Å². The van der Waals surface area contributed by atoms with Crippen LogP contribution in [-0.2, 0) is 4.74 Å². The van der Waals surface area contributed by atoms with Crippen molar-refractivity contribution >= 4 is 11.9 Å². The first-order valence-corrected chi connectivity index (χ1v) is 5.88. The average molecular weight is 243 g/mol. The minimum atomic E-state index is -0.594. The Labute approximate surface area is 101 Å². The Morgan fingerprint density at radius 3 is 2.65 bits per heavy atom. The van der Waals surface area contributed by atoms with E-state index >= 15 is 0 Å². The van der Waals surface area contributed by atoms with Crippen LogP contribution in [0.4, 0.5) is 4.79 Å². The fourth-order valence-electron chi connectivity index (χ4n) is 1.72. The van der Waals surface area contributed by atoms with E-state index in [1.54, 1.807) is 13.8 Å². The van der Waals surface area contributed by atoms with Gasteiger partial charge in [-0.15, -0.1) is 0 Å². The zero-order chi connectivity index (χ0) is 12.9. The van der Waals surface area contributed by atoms with Crippen LogP contribution >= 0.6 is 0 Å². The Balaban J connectivity index is 2.32. The van der Waals surface area contributed by atoms with Crippen LogP contribution in [0.1, 0.15) is 39.5 Å². The normalized spacial score (nSPS) is 18.1. The third-order valence-corrected chi connectivity index (χ3v) is 3.05. The van der Waals surface area contributed by atoms with E-state index < -0.39 is 11.5 Å². The second-order valence-corrected chi connectivity index (χ2v) is 5.03. The van der Waals surface area contributed by atoms with E-state index in [-0.39, 0.29) is 18.5 Å². The summed E-state index contributed by atoms with van der Waals surface area (Å²) >= 11 is 0. The topological polar surface area (TPSA) is 96.9 Å². The number of amidine groups is 1. The molecular formula is C11H21N3O3. The van der Waals surface area contributed by atoms with E-state index in [1.807, 2.05) is 0 Å². The Hall–Kier alpha value is -1.46. The van der Waals surface area contributed by atoms with E-state index in [2.05, 4.69) is 10.5 Å². The van der Waals surface area contributed by atoms with Gasteiger partial charge in [-0.1, -0.05) is 19.0 Å². The van der Waals surface area contributed by atoms with E-state index in [0.717, 1.165) is 25.7 Å². The molecule has 6 nitrogen and oxygen atoms in total. The van der Waals surface area contributed by atoms with Gasteiger partial charge >= 0.3 is 6.09 Å². The van der Waals surface area contributed by atoms with E-state index in [4.69, 9.17) is 15.7 Å². The first-order valence-electron chi connectivity index (χ1n) is 5.88. The summed E-state index contributed by atoms with van der Waals surface area (Å²) in [5, 5.41) is 14.2. The van der Waals surface area contributed by atoms with Crippen LogP contribution in [0.15, 0.2) is 5.16 Å². The van der Waals surface area contributed by atoms with Gasteiger partial charge in [0.05, 0.1) is 0 Å². The van der Waals surface area contributed by atoms with Crippen molar-refractivity contribution in [2.75, 3.05) is 6.54 Å². The van der Waals surface area contributed by atoms with Crippen LogP contribution in [-0.4, -0.2) is 29.8 Å². The van der Waals surface area contributed by atoms with Crippen molar-refractivity contribution in [3.8, 4) is 0 Å². The number of oxime groups is 1. The third-order valence-electron chi connectivity index (χ3n) is 3.05. The molecule has 0 aromatic rings. The van der Waals surface area contributed by atoms with Crippen molar-refractivity contribution in [1.29, 1.82) is 0 Å². The maximum Gasteiger partial charge on any atom is 0.407 e. The summed E-state index contributed by atoms with van der Waals surface area (Å²) in [5.41, 5.74) is 4.91. The van der Waals surface area contributed by atoms with Gasteiger partial charge in [0, 0.05) is 12.0 Å². The number of hydrogen-bond donors (Lipinski definition) is 3. The lowest BCUT2D eigenvalue weighted by atomic mass is 9.92. The van der Waals surface area contributed by atoms with E-state index in [1.165, 1.54) is 0 Å². The van der Waals surface area contributed by atoms with Crippen molar-refractivity contribution < 1.29 is 14.7 Å². The standard InChI is InChI=1S/C11H21N3O3/c1-11(2,9(12)14-16)7-13-10(15)17-8-5-3-4-6-8/h8,16H,3-7H2,1-2H3,(H2,12,14)(H,13,15). The van der Waals surface area contributed by atoms with Gasteiger partial charge in [0.2, 0.25) is 0 Å². The van der Waals surface area contributed by atoms with Crippen molar-refractivity contribution in [2.24, 2.45) is 16.3 Å². The Kier molecular flexibility index (Phi) is 4.60. The van der Waals surface area contributed by atoms with Crippen molar-refractivity contribution in [2.45, 2.75) is 45.6 Å². The summed E-state index contributed by atoms with van der Waals surface area (Å²) in [6.45, 7) is 3.82. The lowest BCUT2D eigenvalue weighted by Crippen LogP contribution is -2.43. The first-order chi connectivity index (χ1) is 7.95. The Morgan fingerprint density at radius 2 is 2.12 bits per heavy atom. The highest BCUT2D eigenvalue weighted by molar-refractivity contribution is 5.86. The molecule has 1 saturated carbocycles. The van der Waals surface area contributed by atoms with E-state index in [9.17, 15) is 4.79 Å². The van der Waals surface area contributed by atoms with Crippen LogP contribution in [0.25, 0.3) is 0 Å². The number of nitrogens with one attached hydrogen (secondary N) is 1. The molecule has 0 aliphatic heterocycles. The van der Waals surface area contributed by atoms with Crippen LogP contribution in [0, 0.1) is 5.41 Å². The largest absolute Gasteiger partial charge is 0.446 e. The van der Waals surface area contributed by atoms with Crippen molar-refractivity contribution in [1.82, 2.24) is 5.32 Å². The fourth-order valence-corrected chi connectivity index (χ4v) is 1.72. The summed E-state index contributed by atoms with van der Waals surface area (Å²) in [6.07, 6.45) is 3.73.